The molecule has 21 heavy (non-hydrogen) atoms. The summed E-state index contributed by atoms with van der Waals surface area (Å²) in [7, 11) is 0. The molecule has 0 aromatic heterocycles. The molecule has 0 saturated heterocycles. The fourth-order valence-corrected chi connectivity index (χ4v) is 2.58. The first-order valence-electron chi connectivity index (χ1n) is 6.96. The Morgan fingerprint density at radius 1 is 0.762 bits per heavy atom. The molecule has 3 aromatic rings. The second kappa shape index (κ2) is 5.88. The van der Waals surface area contributed by atoms with E-state index in [0.717, 1.165) is 16.3 Å². The maximum absolute atomic E-state index is 13.6. The van der Waals surface area contributed by atoms with Crippen molar-refractivity contribution in [2.45, 2.75) is 12.8 Å². The Morgan fingerprint density at radius 2 is 1.38 bits per heavy atom. The van der Waals surface area contributed by atoms with Gasteiger partial charge in [0.25, 0.3) is 0 Å². The molecule has 0 aliphatic rings. The van der Waals surface area contributed by atoms with E-state index in [2.05, 4.69) is 0 Å². The minimum atomic E-state index is -0.316. The smallest absolute Gasteiger partial charge is 0.141 e. The maximum atomic E-state index is 13.6. The van der Waals surface area contributed by atoms with Crippen molar-refractivity contribution in [1.29, 1.82) is 0 Å². The van der Waals surface area contributed by atoms with Gasteiger partial charge in [-0.25, -0.2) is 4.39 Å². The standard InChI is InChI=1S/C19H15FO/c20-19-11-4-2-7-16(19)13-17(21)12-15-9-5-8-14-6-1-3-10-18(14)15/h1-11H,12-13H2. The van der Waals surface area contributed by atoms with Crippen molar-refractivity contribution in [3.63, 3.8) is 0 Å². The molecule has 104 valence electrons. The highest BCUT2D eigenvalue weighted by Crippen LogP contribution is 2.19. The van der Waals surface area contributed by atoms with Gasteiger partial charge in [-0.2, -0.15) is 0 Å². The van der Waals surface area contributed by atoms with Gasteiger partial charge in [0.2, 0.25) is 0 Å². The van der Waals surface area contributed by atoms with Crippen molar-refractivity contribution in [1.82, 2.24) is 0 Å². The van der Waals surface area contributed by atoms with Crippen LogP contribution in [-0.4, -0.2) is 5.78 Å². The summed E-state index contributed by atoms with van der Waals surface area (Å²) in [5.74, 6) is -0.291. The summed E-state index contributed by atoms with van der Waals surface area (Å²) in [5, 5.41) is 2.20. The van der Waals surface area contributed by atoms with Gasteiger partial charge in [-0.3, -0.25) is 4.79 Å². The number of Topliss-reactive ketones (excluding diaryl/α,β-unsaturated/α-hetero) is 1. The van der Waals surface area contributed by atoms with E-state index in [1.54, 1.807) is 18.2 Å². The van der Waals surface area contributed by atoms with E-state index >= 15 is 0 Å². The summed E-state index contributed by atoms with van der Waals surface area (Å²) in [4.78, 5) is 12.2. The Morgan fingerprint density at radius 3 is 2.24 bits per heavy atom. The lowest BCUT2D eigenvalue weighted by Crippen LogP contribution is -2.08. The van der Waals surface area contributed by atoms with Crippen molar-refractivity contribution in [3.8, 4) is 0 Å². The van der Waals surface area contributed by atoms with Gasteiger partial charge in [0, 0.05) is 12.8 Å². The molecular formula is C19H15FO. The zero-order chi connectivity index (χ0) is 14.7. The Bertz CT molecular complexity index is 787. The Balaban J connectivity index is 1.82. The Kier molecular flexibility index (Phi) is 3.78. The summed E-state index contributed by atoms with van der Waals surface area (Å²) < 4.78 is 13.6. The van der Waals surface area contributed by atoms with Gasteiger partial charge < -0.3 is 0 Å². The van der Waals surface area contributed by atoms with E-state index in [1.807, 2.05) is 42.5 Å². The highest BCUT2D eigenvalue weighted by molar-refractivity contribution is 5.91. The third kappa shape index (κ3) is 3.00. The summed E-state index contributed by atoms with van der Waals surface area (Å²) in [5.41, 5.74) is 1.46. The molecule has 1 nitrogen and oxygen atoms in total. The molecule has 0 N–H and O–H groups in total. The van der Waals surface area contributed by atoms with Crippen LogP contribution >= 0.6 is 0 Å². The zero-order valence-corrected chi connectivity index (χ0v) is 11.6. The van der Waals surface area contributed by atoms with Crippen LogP contribution in [0, 0.1) is 5.82 Å². The van der Waals surface area contributed by atoms with Crippen molar-refractivity contribution in [3.05, 3.63) is 83.7 Å². The van der Waals surface area contributed by atoms with Crippen LogP contribution in [0.3, 0.4) is 0 Å². The number of hydrogen-bond acceptors (Lipinski definition) is 1. The van der Waals surface area contributed by atoms with Gasteiger partial charge in [-0.15, -0.1) is 0 Å². The maximum Gasteiger partial charge on any atom is 0.141 e. The number of carbonyl (C=O) groups is 1. The van der Waals surface area contributed by atoms with E-state index in [0.29, 0.717) is 12.0 Å². The quantitative estimate of drug-likeness (QED) is 0.694. The molecule has 0 saturated carbocycles. The van der Waals surface area contributed by atoms with Crippen molar-refractivity contribution in [2.75, 3.05) is 0 Å². The summed E-state index contributed by atoms with van der Waals surface area (Å²) in [6.07, 6.45) is 0.464. The van der Waals surface area contributed by atoms with Gasteiger partial charge in [-0.1, -0.05) is 60.7 Å². The highest BCUT2D eigenvalue weighted by Gasteiger charge is 2.10. The Labute approximate surface area is 123 Å². The van der Waals surface area contributed by atoms with Gasteiger partial charge in [0.1, 0.15) is 11.6 Å². The van der Waals surface area contributed by atoms with Crippen LogP contribution in [-0.2, 0) is 17.6 Å². The molecule has 0 spiro atoms. The van der Waals surface area contributed by atoms with E-state index in [9.17, 15) is 9.18 Å². The molecule has 0 atom stereocenters. The largest absolute Gasteiger partial charge is 0.299 e. The van der Waals surface area contributed by atoms with Gasteiger partial charge in [0.15, 0.2) is 0 Å². The summed E-state index contributed by atoms with van der Waals surface area (Å²) >= 11 is 0. The fraction of sp³-hybridized carbons (Fsp3) is 0.105. The topological polar surface area (TPSA) is 17.1 Å². The van der Waals surface area contributed by atoms with Crippen molar-refractivity contribution >= 4 is 16.6 Å². The van der Waals surface area contributed by atoms with E-state index < -0.39 is 0 Å². The second-order valence-corrected chi connectivity index (χ2v) is 5.12. The normalized spacial score (nSPS) is 10.7. The number of halogens is 1. The molecular weight excluding hydrogens is 263 g/mol. The van der Waals surface area contributed by atoms with Crippen LogP contribution < -0.4 is 0 Å². The molecule has 0 aliphatic heterocycles. The Hall–Kier alpha value is -2.48. The number of hydrogen-bond donors (Lipinski definition) is 0. The number of rotatable bonds is 4. The minimum absolute atomic E-state index is 0.0245. The predicted octanol–water partition coefficient (Wildman–Crippen LogP) is 4.33. The minimum Gasteiger partial charge on any atom is -0.299 e. The molecule has 0 unspecified atom stereocenters. The van der Waals surface area contributed by atoms with Crippen LogP contribution in [0.2, 0.25) is 0 Å². The van der Waals surface area contributed by atoms with Gasteiger partial charge in [0.05, 0.1) is 0 Å². The van der Waals surface area contributed by atoms with Crippen LogP contribution in [0.5, 0.6) is 0 Å². The van der Waals surface area contributed by atoms with Gasteiger partial charge >= 0.3 is 0 Å². The SMILES string of the molecule is O=C(Cc1ccccc1F)Cc1cccc2ccccc12. The van der Waals surface area contributed by atoms with E-state index in [-0.39, 0.29) is 18.0 Å². The number of ketones is 1. The van der Waals surface area contributed by atoms with Crippen molar-refractivity contribution in [2.24, 2.45) is 0 Å². The lowest BCUT2D eigenvalue weighted by atomic mass is 9.98. The fourth-order valence-electron chi connectivity index (χ4n) is 2.58. The molecule has 3 aromatic carbocycles. The third-order valence-electron chi connectivity index (χ3n) is 3.61. The summed E-state index contributed by atoms with van der Waals surface area (Å²) in [6.45, 7) is 0. The van der Waals surface area contributed by atoms with Crippen LogP contribution in [0.4, 0.5) is 4.39 Å². The number of carbonyl (C=O) groups excluding carboxylic acids is 1. The average molecular weight is 278 g/mol. The lowest BCUT2D eigenvalue weighted by molar-refractivity contribution is -0.117. The van der Waals surface area contributed by atoms with E-state index in [4.69, 9.17) is 0 Å². The highest BCUT2D eigenvalue weighted by atomic mass is 19.1. The lowest BCUT2D eigenvalue weighted by Gasteiger charge is -2.06. The van der Waals surface area contributed by atoms with Crippen LogP contribution in [0.1, 0.15) is 11.1 Å². The first-order valence-corrected chi connectivity index (χ1v) is 6.96. The van der Waals surface area contributed by atoms with Crippen molar-refractivity contribution < 1.29 is 9.18 Å². The number of benzene rings is 3. The van der Waals surface area contributed by atoms with E-state index in [1.165, 1.54) is 6.07 Å². The van der Waals surface area contributed by atoms with Crippen LogP contribution in [0.25, 0.3) is 10.8 Å². The average Bonchev–Trinajstić information content (AvgIpc) is 2.50. The molecule has 0 amide bonds. The first kappa shape index (κ1) is 13.5. The molecule has 0 aliphatic carbocycles. The number of fused-ring (bicyclic) bond motifs is 1. The van der Waals surface area contributed by atoms with Gasteiger partial charge in [-0.05, 0) is 28.0 Å². The van der Waals surface area contributed by atoms with Crippen LogP contribution in [0.15, 0.2) is 66.7 Å². The first-order chi connectivity index (χ1) is 10.2. The molecule has 0 heterocycles. The molecule has 3 rings (SSSR count). The zero-order valence-electron chi connectivity index (χ0n) is 11.6. The predicted molar refractivity (Wildman–Crippen MR) is 82.8 cm³/mol. The summed E-state index contributed by atoms with van der Waals surface area (Å²) in [6, 6.07) is 20.4. The molecule has 0 fully saturated rings. The monoisotopic (exact) mass is 278 g/mol. The molecule has 2 heteroatoms. The second-order valence-electron chi connectivity index (χ2n) is 5.12. The molecule has 0 radical (unpaired) electrons. The third-order valence-corrected chi connectivity index (χ3v) is 3.61. The molecule has 0 bridgehead atoms.